The van der Waals surface area contributed by atoms with E-state index >= 15 is 0 Å². The van der Waals surface area contributed by atoms with Crippen LogP contribution >= 0.6 is 0 Å². The number of aromatic hydroxyl groups is 3. The number of hydrogen-bond donors (Lipinski definition) is 3. The highest BCUT2D eigenvalue weighted by Crippen LogP contribution is 2.35. The molecule has 0 heterocycles. The number of carbonyl (C=O) groups is 2. The summed E-state index contributed by atoms with van der Waals surface area (Å²) in [5.74, 6) is -2.69. The Hall–Kier alpha value is -3.02. The molecule has 2 aromatic rings. The van der Waals surface area contributed by atoms with Gasteiger partial charge in [0.05, 0.1) is 5.56 Å². The van der Waals surface area contributed by atoms with Crippen LogP contribution in [0.25, 0.3) is 0 Å². The standard InChI is InChI=1S/C21H22O6/c22-17-10-16(11-18(23)20(17)25)21(26)27-12-19(24)15-8-6-14(7-9-15)13-4-2-1-3-5-13/h6-11,13,22-23,25H,1-5,12H2. The Morgan fingerprint density at radius 2 is 1.48 bits per heavy atom. The fraction of sp³-hybridized carbons (Fsp3) is 0.333. The second kappa shape index (κ2) is 8.12. The van der Waals surface area contributed by atoms with Crippen molar-refractivity contribution in [2.45, 2.75) is 38.0 Å². The van der Waals surface area contributed by atoms with E-state index in [4.69, 9.17) is 4.74 Å². The highest BCUT2D eigenvalue weighted by molar-refractivity contribution is 5.99. The Bertz CT molecular complexity index is 811. The van der Waals surface area contributed by atoms with E-state index in [9.17, 15) is 24.9 Å². The number of rotatable bonds is 5. The van der Waals surface area contributed by atoms with Crippen LogP contribution < -0.4 is 0 Å². The van der Waals surface area contributed by atoms with Gasteiger partial charge in [-0.15, -0.1) is 0 Å². The highest BCUT2D eigenvalue weighted by atomic mass is 16.5. The molecule has 0 saturated heterocycles. The molecule has 1 aliphatic carbocycles. The lowest BCUT2D eigenvalue weighted by atomic mass is 9.84. The Balaban J connectivity index is 1.59. The molecule has 0 unspecified atom stereocenters. The van der Waals surface area contributed by atoms with Gasteiger partial charge in [0, 0.05) is 5.56 Å². The third-order valence-corrected chi connectivity index (χ3v) is 4.95. The van der Waals surface area contributed by atoms with Gasteiger partial charge in [-0.05, 0) is 36.5 Å². The Morgan fingerprint density at radius 3 is 2.07 bits per heavy atom. The van der Waals surface area contributed by atoms with Crippen molar-refractivity contribution in [3.05, 3.63) is 53.1 Å². The number of phenolic OH excluding ortho intramolecular Hbond substituents is 3. The third kappa shape index (κ3) is 4.39. The summed E-state index contributed by atoms with van der Waals surface area (Å²) in [7, 11) is 0. The molecule has 0 radical (unpaired) electrons. The summed E-state index contributed by atoms with van der Waals surface area (Å²) in [5, 5.41) is 28.2. The summed E-state index contributed by atoms with van der Waals surface area (Å²) < 4.78 is 4.95. The van der Waals surface area contributed by atoms with E-state index in [1.54, 1.807) is 12.1 Å². The molecule has 0 aromatic heterocycles. The summed E-state index contributed by atoms with van der Waals surface area (Å²) in [6.45, 7) is -0.454. The van der Waals surface area contributed by atoms with Crippen LogP contribution in [0.5, 0.6) is 17.2 Å². The molecule has 0 aliphatic heterocycles. The molecule has 1 fully saturated rings. The second-order valence-corrected chi connectivity index (χ2v) is 6.82. The molecule has 0 spiro atoms. The van der Waals surface area contributed by atoms with Crippen molar-refractivity contribution >= 4 is 11.8 Å². The quantitative estimate of drug-likeness (QED) is 0.419. The molecule has 0 atom stereocenters. The first-order valence-corrected chi connectivity index (χ1v) is 9.01. The van der Waals surface area contributed by atoms with Gasteiger partial charge in [0.2, 0.25) is 0 Å². The molecular weight excluding hydrogens is 348 g/mol. The first kappa shape index (κ1) is 18.8. The van der Waals surface area contributed by atoms with Crippen LogP contribution in [0.2, 0.25) is 0 Å². The topological polar surface area (TPSA) is 104 Å². The third-order valence-electron chi connectivity index (χ3n) is 4.95. The fourth-order valence-corrected chi connectivity index (χ4v) is 3.40. The van der Waals surface area contributed by atoms with E-state index in [-0.39, 0.29) is 11.3 Å². The van der Waals surface area contributed by atoms with E-state index in [0.29, 0.717) is 11.5 Å². The lowest BCUT2D eigenvalue weighted by Gasteiger charge is -2.22. The SMILES string of the molecule is O=C(COC(=O)c1cc(O)c(O)c(O)c1)c1ccc(C2CCCCC2)cc1. The molecule has 6 nitrogen and oxygen atoms in total. The van der Waals surface area contributed by atoms with Crippen LogP contribution in [0.15, 0.2) is 36.4 Å². The van der Waals surface area contributed by atoms with Gasteiger partial charge in [-0.2, -0.15) is 0 Å². The highest BCUT2D eigenvalue weighted by Gasteiger charge is 2.18. The Morgan fingerprint density at radius 1 is 0.889 bits per heavy atom. The molecule has 0 bridgehead atoms. The first-order chi connectivity index (χ1) is 13.0. The average molecular weight is 370 g/mol. The van der Waals surface area contributed by atoms with Gasteiger partial charge in [0.1, 0.15) is 0 Å². The smallest absolute Gasteiger partial charge is 0.338 e. The van der Waals surface area contributed by atoms with Crippen LogP contribution in [-0.2, 0) is 4.74 Å². The number of phenols is 3. The maximum atomic E-state index is 12.2. The molecule has 0 amide bonds. The summed E-state index contributed by atoms with van der Waals surface area (Å²) in [6, 6.07) is 9.33. The summed E-state index contributed by atoms with van der Waals surface area (Å²) in [5.41, 5.74) is 1.53. The van der Waals surface area contributed by atoms with Crippen molar-refractivity contribution in [2.75, 3.05) is 6.61 Å². The average Bonchev–Trinajstić information content (AvgIpc) is 2.70. The van der Waals surface area contributed by atoms with Crippen LogP contribution in [0.3, 0.4) is 0 Å². The predicted molar refractivity (Wildman–Crippen MR) is 98.3 cm³/mol. The van der Waals surface area contributed by atoms with Crippen molar-refractivity contribution in [1.82, 2.24) is 0 Å². The molecule has 3 N–H and O–H groups in total. The van der Waals surface area contributed by atoms with Crippen molar-refractivity contribution in [3.63, 3.8) is 0 Å². The zero-order valence-electron chi connectivity index (χ0n) is 14.9. The second-order valence-electron chi connectivity index (χ2n) is 6.82. The van der Waals surface area contributed by atoms with Crippen molar-refractivity contribution in [2.24, 2.45) is 0 Å². The fourth-order valence-electron chi connectivity index (χ4n) is 3.40. The number of ketones is 1. The molecule has 2 aromatic carbocycles. The number of Topliss-reactive ketones (excluding diaryl/α,β-unsaturated/α-hetero) is 1. The van der Waals surface area contributed by atoms with Gasteiger partial charge in [0.15, 0.2) is 29.6 Å². The normalized spacial score (nSPS) is 14.7. The van der Waals surface area contributed by atoms with Crippen molar-refractivity contribution in [1.29, 1.82) is 0 Å². The monoisotopic (exact) mass is 370 g/mol. The molecule has 1 saturated carbocycles. The maximum absolute atomic E-state index is 12.2. The molecule has 27 heavy (non-hydrogen) atoms. The summed E-state index contributed by atoms with van der Waals surface area (Å²) in [6.07, 6.45) is 6.12. The van der Waals surface area contributed by atoms with E-state index in [0.717, 1.165) is 12.1 Å². The number of esters is 1. The van der Waals surface area contributed by atoms with Crippen LogP contribution in [0, 0.1) is 0 Å². The number of hydrogen-bond acceptors (Lipinski definition) is 6. The molecule has 3 rings (SSSR count). The van der Waals surface area contributed by atoms with Gasteiger partial charge >= 0.3 is 5.97 Å². The van der Waals surface area contributed by atoms with Gasteiger partial charge < -0.3 is 20.1 Å². The molecule has 6 heteroatoms. The summed E-state index contributed by atoms with van der Waals surface area (Å²) in [4.78, 5) is 24.2. The minimum Gasteiger partial charge on any atom is -0.504 e. The van der Waals surface area contributed by atoms with Crippen LogP contribution in [0.4, 0.5) is 0 Å². The van der Waals surface area contributed by atoms with Crippen LogP contribution in [0.1, 0.15) is 64.3 Å². The number of benzene rings is 2. The Labute approximate surface area is 157 Å². The van der Waals surface area contributed by atoms with Crippen molar-refractivity contribution < 1.29 is 29.6 Å². The molecule has 142 valence electrons. The van der Waals surface area contributed by atoms with Gasteiger partial charge in [-0.25, -0.2) is 4.79 Å². The lowest BCUT2D eigenvalue weighted by molar-refractivity contribution is 0.0474. The van der Waals surface area contributed by atoms with E-state index in [1.165, 1.54) is 37.7 Å². The van der Waals surface area contributed by atoms with Gasteiger partial charge in [-0.1, -0.05) is 43.5 Å². The minimum absolute atomic E-state index is 0.164. The Kier molecular flexibility index (Phi) is 5.64. The maximum Gasteiger partial charge on any atom is 0.338 e. The van der Waals surface area contributed by atoms with Crippen LogP contribution in [-0.4, -0.2) is 33.7 Å². The van der Waals surface area contributed by atoms with Gasteiger partial charge in [-0.3, -0.25) is 4.79 Å². The van der Waals surface area contributed by atoms with E-state index in [2.05, 4.69) is 0 Å². The van der Waals surface area contributed by atoms with E-state index < -0.39 is 29.8 Å². The molecule has 1 aliphatic rings. The molecular formula is C21H22O6. The zero-order chi connectivity index (χ0) is 19.4. The number of carbonyl (C=O) groups excluding carboxylic acids is 2. The zero-order valence-corrected chi connectivity index (χ0v) is 14.9. The first-order valence-electron chi connectivity index (χ1n) is 9.01. The predicted octanol–water partition coefficient (Wildman–Crippen LogP) is 3.89. The van der Waals surface area contributed by atoms with Gasteiger partial charge in [0.25, 0.3) is 0 Å². The minimum atomic E-state index is -0.882. The number of ether oxygens (including phenoxy) is 1. The van der Waals surface area contributed by atoms with E-state index in [1.807, 2.05) is 12.1 Å². The summed E-state index contributed by atoms with van der Waals surface area (Å²) >= 11 is 0. The van der Waals surface area contributed by atoms with Crippen molar-refractivity contribution in [3.8, 4) is 17.2 Å². The largest absolute Gasteiger partial charge is 0.504 e. The lowest BCUT2D eigenvalue weighted by Crippen LogP contribution is -2.14.